The number of carbonyl (C=O) groups excluding carboxylic acids is 4. The number of hydrogen-bond acceptors (Lipinski definition) is 8. The number of benzene rings is 1. The maximum Gasteiger partial charge on any atom is 0.326 e. The van der Waals surface area contributed by atoms with E-state index in [1.165, 1.54) is 43.0 Å². The van der Waals surface area contributed by atoms with Crippen LogP contribution >= 0.6 is 11.8 Å². The van der Waals surface area contributed by atoms with Gasteiger partial charge >= 0.3 is 5.97 Å². The van der Waals surface area contributed by atoms with E-state index in [2.05, 4.69) is 16.0 Å². The number of thioether (sulfide) groups is 1. The van der Waals surface area contributed by atoms with Crippen LogP contribution < -0.4 is 27.4 Å². The Kier molecular flexibility index (Phi) is 12.6. The lowest BCUT2D eigenvalue weighted by atomic mass is 10.1. The highest BCUT2D eigenvalue weighted by Gasteiger charge is 2.28. The lowest BCUT2D eigenvalue weighted by Crippen LogP contribution is -2.56. The van der Waals surface area contributed by atoms with Crippen LogP contribution in [-0.4, -0.2) is 76.0 Å². The first-order valence-electron chi connectivity index (χ1n) is 10.9. The van der Waals surface area contributed by atoms with Gasteiger partial charge in [-0.15, -0.1) is 0 Å². The zero-order valence-electron chi connectivity index (χ0n) is 19.7. The molecule has 13 heteroatoms. The van der Waals surface area contributed by atoms with E-state index in [4.69, 9.17) is 11.5 Å². The molecule has 4 amide bonds. The number of nitrogens with two attached hydrogens (primary N) is 2. The fourth-order valence-electron chi connectivity index (χ4n) is 2.95. The van der Waals surface area contributed by atoms with Crippen molar-refractivity contribution >= 4 is 41.4 Å². The summed E-state index contributed by atoms with van der Waals surface area (Å²) in [6, 6.07) is 1.38. The number of carboxylic acids is 1. The number of aromatic hydroxyl groups is 1. The van der Waals surface area contributed by atoms with Crippen molar-refractivity contribution in [3.63, 3.8) is 0 Å². The zero-order valence-corrected chi connectivity index (χ0v) is 20.5. The fraction of sp³-hybridized carbons (Fsp3) is 0.500. The monoisotopic (exact) mass is 511 g/mol. The van der Waals surface area contributed by atoms with Crippen molar-refractivity contribution in [2.24, 2.45) is 11.5 Å². The van der Waals surface area contributed by atoms with Crippen LogP contribution in [0.1, 0.15) is 31.7 Å². The molecule has 0 saturated carbocycles. The van der Waals surface area contributed by atoms with Crippen LogP contribution in [0.5, 0.6) is 5.75 Å². The summed E-state index contributed by atoms with van der Waals surface area (Å²) in [5, 5.41) is 26.1. The molecule has 0 bridgehead atoms. The quantitative estimate of drug-likeness (QED) is 0.151. The third-order valence-corrected chi connectivity index (χ3v) is 5.67. The lowest BCUT2D eigenvalue weighted by Gasteiger charge is -2.23. The molecule has 35 heavy (non-hydrogen) atoms. The first-order valence-corrected chi connectivity index (χ1v) is 12.3. The molecule has 0 fully saturated rings. The molecule has 0 aliphatic carbocycles. The molecule has 0 spiro atoms. The molecule has 0 aromatic heterocycles. The molecule has 0 aliphatic rings. The molecular weight excluding hydrogens is 478 g/mol. The van der Waals surface area contributed by atoms with Gasteiger partial charge in [0.1, 0.15) is 23.9 Å². The molecule has 0 heterocycles. The Balaban J connectivity index is 2.80. The first-order chi connectivity index (χ1) is 16.4. The van der Waals surface area contributed by atoms with E-state index in [-0.39, 0.29) is 25.0 Å². The average Bonchev–Trinajstić information content (AvgIpc) is 2.80. The molecule has 0 saturated heterocycles. The maximum atomic E-state index is 12.7. The number of carbonyl (C=O) groups is 5. The van der Waals surface area contributed by atoms with Crippen LogP contribution in [0.2, 0.25) is 0 Å². The summed E-state index contributed by atoms with van der Waals surface area (Å²) in [6.45, 7) is 1.35. The standard InChI is InChI=1S/C22H33N5O7S/c1-12(19(30)27-17(22(33)34)11-13-3-5-14(28)6-4-13)25-21(32)16(7-8-18(24)29)26-20(31)15(23)9-10-35-2/h3-6,12,15-17,28H,7-11,23H2,1-2H3,(H2,24,29)(H,25,32)(H,26,31)(H,27,30)(H,33,34). The average molecular weight is 512 g/mol. The second kappa shape index (κ2) is 14.8. The summed E-state index contributed by atoms with van der Waals surface area (Å²) in [5.41, 5.74) is 11.6. The Morgan fingerprint density at radius 2 is 1.54 bits per heavy atom. The van der Waals surface area contributed by atoms with Crippen LogP contribution in [0.3, 0.4) is 0 Å². The predicted molar refractivity (Wildman–Crippen MR) is 130 cm³/mol. The summed E-state index contributed by atoms with van der Waals surface area (Å²) >= 11 is 1.51. The summed E-state index contributed by atoms with van der Waals surface area (Å²) in [5.74, 6) is -3.39. The van der Waals surface area contributed by atoms with Gasteiger partial charge in [-0.05, 0) is 49.5 Å². The maximum absolute atomic E-state index is 12.7. The molecule has 12 nitrogen and oxygen atoms in total. The van der Waals surface area contributed by atoms with Gasteiger partial charge in [0.25, 0.3) is 0 Å². The van der Waals surface area contributed by atoms with Crippen LogP contribution in [0.15, 0.2) is 24.3 Å². The molecule has 9 N–H and O–H groups in total. The molecular formula is C22H33N5O7S. The number of amides is 4. The van der Waals surface area contributed by atoms with Gasteiger partial charge < -0.3 is 37.6 Å². The third-order valence-electron chi connectivity index (χ3n) is 5.02. The number of hydrogen-bond donors (Lipinski definition) is 7. The van der Waals surface area contributed by atoms with Crippen LogP contribution in [0.25, 0.3) is 0 Å². The van der Waals surface area contributed by atoms with Crippen molar-refractivity contribution in [2.45, 2.75) is 56.8 Å². The number of phenolic OH excluding ortho intramolecular Hbond substituents is 1. The van der Waals surface area contributed by atoms with Gasteiger partial charge in [-0.1, -0.05) is 12.1 Å². The van der Waals surface area contributed by atoms with Gasteiger partial charge in [-0.3, -0.25) is 19.2 Å². The molecule has 194 valence electrons. The molecule has 4 atom stereocenters. The van der Waals surface area contributed by atoms with E-state index in [0.717, 1.165) is 0 Å². The van der Waals surface area contributed by atoms with Crippen molar-refractivity contribution in [1.29, 1.82) is 0 Å². The smallest absolute Gasteiger partial charge is 0.326 e. The normalized spacial score (nSPS) is 14.1. The Hall–Kier alpha value is -3.32. The highest BCUT2D eigenvalue weighted by atomic mass is 32.2. The molecule has 0 radical (unpaired) electrons. The highest BCUT2D eigenvalue weighted by molar-refractivity contribution is 7.98. The van der Waals surface area contributed by atoms with Crippen LogP contribution in [-0.2, 0) is 30.4 Å². The highest BCUT2D eigenvalue weighted by Crippen LogP contribution is 2.11. The van der Waals surface area contributed by atoms with Crippen molar-refractivity contribution in [3.05, 3.63) is 29.8 Å². The number of carboxylic acid groups (broad SMARTS) is 1. The molecule has 0 aliphatic heterocycles. The van der Waals surface area contributed by atoms with Crippen molar-refractivity contribution in [1.82, 2.24) is 16.0 Å². The Bertz CT molecular complexity index is 897. The number of phenols is 1. The molecule has 4 unspecified atom stereocenters. The summed E-state index contributed by atoms with van der Waals surface area (Å²) in [7, 11) is 0. The summed E-state index contributed by atoms with van der Waals surface area (Å²) < 4.78 is 0. The largest absolute Gasteiger partial charge is 0.508 e. The Labute approximate surface area is 207 Å². The molecule has 1 aromatic carbocycles. The van der Waals surface area contributed by atoms with Gasteiger partial charge in [0.2, 0.25) is 23.6 Å². The van der Waals surface area contributed by atoms with E-state index >= 15 is 0 Å². The molecule has 1 aromatic rings. The van der Waals surface area contributed by atoms with E-state index in [0.29, 0.717) is 17.7 Å². The lowest BCUT2D eigenvalue weighted by molar-refractivity contribution is -0.142. The third kappa shape index (κ3) is 11.1. The summed E-state index contributed by atoms with van der Waals surface area (Å²) in [6.07, 6.45) is 1.91. The fourth-order valence-corrected chi connectivity index (χ4v) is 3.44. The Morgan fingerprint density at radius 3 is 2.09 bits per heavy atom. The number of aliphatic carboxylic acids is 1. The van der Waals surface area contributed by atoms with Crippen molar-refractivity contribution < 1.29 is 34.2 Å². The van der Waals surface area contributed by atoms with Crippen molar-refractivity contribution in [2.75, 3.05) is 12.0 Å². The predicted octanol–water partition coefficient (Wildman–Crippen LogP) is -1.16. The Morgan fingerprint density at radius 1 is 0.943 bits per heavy atom. The minimum atomic E-state index is -1.29. The minimum absolute atomic E-state index is 0.0178. The van der Waals surface area contributed by atoms with Crippen LogP contribution in [0.4, 0.5) is 0 Å². The SMILES string of the molecule is CSCCC(N)C(=O)NC(CCC(N)=O)C(=O)NC(C)C(=O)NC(Cc1ccc(O)cc1)C(=O)O. The van der Waals surface area contributed by atoms with E-state index < -0.39 is 53.8 Å². The minimum Gasteiger partial charge on any atom is -0.508 e. The number of rotatable bonds is 15. The number of nitrogens with one attached hydrogen (secondary N) is 3. The molecule has 1 rings (SSSR count). The van der Waals surface area contributed by atoms with Gasteiger partial charge in [0, 0.05) is 12.8 Å². The van der Waals surface area contributed by atoms with Gasteiger partial charge in [-0.25, -0.2) is 4.79 Å². The van der Waals surface area contributed by atoms with Crippen LogP contribution in [0, 0.1) is 0 Å². The first kappa shape index (κ1) is 29.7. The van der Waals surface area contributed by atoms with E-state index in [9.17, 15) is 34.2 Å². The second-order valence-corrected chi connectivity index (χ2v) is 8.94. The van der Waals surface area contributed by atoms with E-state index in [1.54, 1.807) is 0 Å². The van der Waals surface area contributed by atoms with Crippen molar-refractivity contribution in [3.8, 4) is 5.75 Å². The second-order valence-electron chi connectivity index (χ2n) is 7.95. The van der Waals surface area contributed by atoms with Gasteiger partial charge in [-0.2, -0.15) is 11.8 Å². The van der Waals surface area contributed by atoms with Gasteiger partial charge in [0.15, 0.2) is 0 Å². The van der Waals surface area contributed by atoms with Gasteiger partial charge in [0.05, 0.1) is 6.04 Å². The number of primary amides is 1. The topological polar surface area (TPSA) is 214 Å². The van der Waals surface area contributed by atoms with E-state index in [1.807, 2.05) is 6.26 Å². The summed E-state index contributed by atoms with van der Waals surface area (Å²) in [4.78, 5) is 60.4. The zero-order chi connectivity index (χ0) is 26.5.